The molecule has 0 bridgehead atoms. The number of ether oxygens (including phenoxy) is 2. The van der Waals surface area contributed by atoms with Gasteiger partial charge in [-0.15, -0.1) is 0 Å². The fourth-order valence-electron chi connectivity index (χ4n) is 3.28. The second kappa shape index (κ2) is 8.02. The lowest BCUT2D eigenvalue weighted by Crippen LogP contribution is -2.38. The third-order valence-electron chi connectivity index (χ3n) is 4.44. The Bertz CT molecular complexity index is 600. The minimum atomic E-state index is 0.473. The van der Waals surface area contributed by atoms with E-state index in [0.717, 1.165) is 31.0 Å². The Kier molecular flexibility index (Phi) is 5.54. The Morgan fingerprint density at radius 3 is 2.39 bits per heavy atom. The number of benzene rings is 2. The van der Waals surface area contributed by atoms with Gasteiger partial charge in [-0.3, -0.25) is 0 Å². The Balaban J connectivity index is 1.68. The summed E-state index contributed by atoms with van der Waals surface area (Å²) in [6.07, 6.45) is 1.16. The van der Waals surface area contributed by atoms with Crippen LogP contribution in [-0.2, 0) is 0 Å². The molecule has 0 unspecified atom stereocenters. The first-order valence-electron chi connectivity index (χ1n) is 8.48. The van der Waals surface area contributed by atoms with E-state index in [4.69, 9.17) is 9.47 Å². The first-order valence-corrected chi connectivity index (χ1v) is 8.48. The summed E-state index contributed by atoms with van der Waals surface area (Å²) in [5.41, 5.74) is 1.42. The minimum Gasteiger partial charge on any atom is -0.490 e. The molecule has 1 heterocycles. The van der Waals surface area contributed by atoms with Gasteiger partial charge in [0.2, 0.25) is 0 Å². The van der Waals surface area contributed by atoms with Crippen molar-refractivity contribution in [1.29, 1.82) is 0 Å². The lowest BCUT2D eigenvalue weighted by Gasteiger charge is -2.32. The molecular formula is C20H25NO2. The monoisotopic (exact) mass is 311 g/mol. The SMILES string of the molecule is CCOc1ccccc1OC[C@@H]1CNCC[C@H]1c1ccccc1. The lowest BCUT2D eigenvalue weighted by molar-refractivity contribution is 0.189. The van der Waals surface area contributed by atoms with E-state index in [1.54, 1.807) is 0 Å². The van der Waals surface area contributed by atoms with Crippen molar-refractivity contribution in [3.05, 3.63) is 60.2 Å². The van der Waals surface area contributed by atoms with Crippen LogP contribution in [0.15, 0.2) is 54.6 Å². The molecule has 0 aromatic heterocycles. The molecule has 0 spiro atoms. The minimum absolute atomic E-state index is 0.473. The molecule has 1 saturated heterocycles. The highest BCUT2D eigenvalue weighted by molar-refractivity contribution is 5.39. The van der Waals surface area contributed by atoms with Crippen molar-refractivity contribution in [3.63, 3.8) is 0 Å². The summed E-state index contributed by atoms with van der Waals surface area (Å²) < 4.78 is 11.8. The average Bonchev–Trinajstić information content (AvgIpc) is 2.62. The molecule has 0 amide bonds. The molecule has 0 saturated carbocycles. The van der Waals surface area contributed by atoms with Crippen molar-refractivity contribution in [1.82, 2.24) is 5.32 Å². The van der Waals surface area contributed by atoms with Gasteiger partial charge in [-0.25, -0.2) is 0 Å². The van der Waals surface area contributed by atoms with Gasteiger partial charge in [0, 0.05) is 12.5 Å². The predicted molar refractivity (Wildman–Crippen MR) is 93.3 cm³/mol. The number of piperidine rings is 1. The molecule has 3 heteroatoms. The molecule has 0 radical (unpaired) electrons. The molecular weight excluding hydrogens is 286 g/mol. The highest BCUT2D eigenvalue weighted by Gasteiger charge is 2.27. The van der Waals surface area contributed by atoms with Crippen molar-refractivity contribution in [2.24, 2.45) is 5.92 Å². The molecule has 1 fully saturated rings. The zero-order chi connectivity index (χ0) is 15.9. The third-order valence-corrected chi connectivity index (χ3v) is 4.44. The van der Waals surface area contributed by atoms with Crippen LogP contribution in [0.3, 0.4) is 0 Å². The largest absolute Gasteiger partial charge is 0.490 e. The molecule has 3 nitrogen and oxygen atoms in total. The van der Waals surface area contributed by atoms with E-state index in [1.165, 1.54) is 5.56 Å². The second-order valence-electron chi connectivity index (χ2n) is 5.96. The molecule has 1 aliphatic heterocycles. The smallest absolute Gasteiger partial charge is 0.161 e. The van der Waals surface area contributed by atoms with E-state index in [9.17, 15) is 0 Å². The fourth-order valence-corrected chi connectivity index (χ4v) is 3.28. The van der Waals surface area contributed by atoms with Crippen LogP contribution in [0, 0.1) is 5.92 Å². The molecule has 2 aromatic carbocycles. The van der Waals surface area contributed by atoms with E-state index in [2.05, 4.69) is 35.6 Å². The van der Waals surface area contributed by atoms with E-state index in [1.807, 2.05) is 31.2 Å². The summed E-state index contributed by atoms with van der Waals surface area (Å²) in [7, 11) is 0. The number of hydrogen-bond acceptors (Lipinski definition) is 3. The van der Waals surface area contributed by atoms with Crippen LogP contribution in [-0.4, -0.2) is 26.3 Å². The summed E-state index contributed by atoms with van der Waals surface area (Å²) in [5.74, 6) is 2.69. The van der Waals surface area contributed by atoms with E-state index < -0.39 is 0 Å². The van der Waals surface area contributed by atoms with E-state index in [0.29, 0.717) is 25.0 Å². The van der Waals surface area contributed by atoms with Gasteiger partial charge in [0.1, 0.15) is 0 Å². The number of nitrogens with one attached hydrogen (secondary N) is 1. The highest BCUT2D eigenvalue weighted by Crippen LogP contribution is 2.32. The van der Waals surface area contributed by atoms with Gasteiger partial charge >= 0.3 is 0 Å². The number of hydrogen-bond donors (Lipinski definition) is 1. The van der Waals surface area contributed by atoms with Gasteiger partial charge in [0.05, 0.1) is 13.2 Å². The Morgan fingerprint density at radius 2 is 1.65 bits per heavy atom. The molecule has 23 heavy (non-hydrogen) atoms. The Morgan fingerprint density at radius 1 is 0.957 bits per heavy atom. The van der Waals surface area contributed by atoms with Gasteiger partial charge in [0.15, 0.2) is 11.5 Å². The summed E-state index contributed by atoms with van der Waals surface area (Å²) in [6.45, 7) is 5.42. The van der Waals surface area contributed by atoms with Crippen LogP contribution in [0.4, 0.5) is 0 Å². The van der Waals surface area contributed by atoms with E-state index >= 15 is 0 Å². The number of para-hydroxylation sites is 2. The average molecular weight is 311 g/mol. The van der Waals surface area contributed by atoms with Crippen molar-refractivity contribution in [2.45, 2.75) is 19.3 Å². The van der Waals surface area contributed by atoms with Gasteiger partial charge < -0.3 is 14.8 Å². The first kappa shape index (κ1) is 15.9. The molecule has 0 aliphatic carbocycles. The maximum absolute atomic E-state index is 6.12. The van der Waals surface area contributed by atoms with Crippen molar-refractivity contribution < 1.29 is 9.47 Å². The van der Waals surface area contributed by atoms with E-state index in [-0.39, 0.29) is 0 Å². The summed E-state index contributed by atoms with van der Waals surface area (Å²) >= 11 is 0. The van der Waals surface area contributed by atoms with Crippen LogP contribution in [0.5, 0.6) is 11.5 Å². The maximum atomic E-state index is 6.12. The van der Waals surface area contributed by atoms with Crippen LogP contribution in [0.25, 0.3) is 0 Å². The van der Waals surface area contributed by atoms with Crippen LogP contribution in [0.2, 0.25) is 0 Å². The summed E-state index contributed by atoms with van der Waals surface area (Å²) in [6, 6.07) is 18.7. The zero-order valence-corrected chi connectivity index (χ0v) is 13.7. The quantitative estimate of drug-likeness (QED) is 0.879. The Labute approximate surface area is 138 Å². The second-order valence-corrected chi connectivity index (χ2v) is 5.96. The molecule has 1 N–H and O–H groups in total. The van der Waals surface area contributed by atoms with Crippen LogP contribution in [0.1, 0.15) is 24.8 Å². The molecule has 2 aromatic rings. The molecule has 122 valence electrons. The van der Waals surface area contributed by atoms with Gasteiger partial charge in [0.25, 0.3) is 0 Å². The first-order chi connectivity index (χ1) is 11.4. The lowest BCUT2D eigenvalue weighted by atomic mass is 9.81. The maximum Gasteiger partial charge on any atom is 0.161 e. The normalized spacial score (nSPS) is 20.9. The highest BCUT2D eigenvalue weighted by atomic mass is 16.5. The standard InChI is InChI=1S/C20H25NO2/c1-2-22-19-10-6-7-11-20(19)23-15-17-14-21-13-12-18(17)16-8-4-3-5-9-16/h3-11,17-18,21H,2,12-15H2,1H3/t17-,18-/m0/s1. The van der Waals surface area contributed by atoms with Crippen molar-refractivity contribution in [2.75, 3.05) is 26.3 Å². The van der Waals surface area contributed by atoms with Gasteiger partial charge in [-0.1, -0.05) is 42.5 Å². The zero-order valence-electron chi connectivity index (χ0n) is 13.7. The molecule has 3 rings (SSSR count). The predicted octanol–water partition coefficient (Wildman–Crippen LogP) is 3.86. The van der Waals surface area contributed by atoms with Gasteiger partial charge in [-0.2, -0.15) is 0 Å². The topological polar surface area (TPSA) is 30.5 Å². The van der Waals surface area contributed by atoms with Gasteiger partial charge in [-0.05, 0) is 43.5 Å². The summed E-state index contributed by atoms with van der Waals surface area (Å²) in [4.78, 5) is 0. The molecule has 1 aliphatic rings. The fraction of sp³-hybridized carbons (Fsp3) is 0.400. The number of rotatable bonds is 6. The molecule has 2 atom stereocenters. The van der Waals surface area contributed by atoms with Crippen molar-refractivity contribution >= 4 is 0 Å². The Hall–Kier alpha value is -2.00. The van der Waals surface area contributed by atoms with Crippen molar-refractivity contribution in [3.8, 4) is 11.5 Å². The van der Waals surface area contributed by atoms with Crippen LogP contribution >= 0.6 is 0 Å². The summed E-state index contributed by atoms with van der Waals surface area (Å²) in [5, 5.41) is 3.50. The third kappa shape index (κ3) is 4.05. The van der Waals surface area contributed by atoms with Crippen LogP contribution < -0.4 is 14.8 Å².